The van der Waals surface area contributed by atoms with Gasteiger partial charge in [0.05, 0.1) is 5.69 Å². The number of hydrogen-bond acceptors (Lipinski definition) is 3. The van der Waals surface area contributed by atoms with Crippen molar-refractivity contribution in [2.45, 2.75) is 52.7 Å². The second-order valence-electron chi connectivity index (χ2n) is 6.12. The van der Waals surface area contributed by atoms with E-state index in [4.69, 9.17) is 5.73 Å². The molecular formula is C15H27N3. The Morgan fingerprint density at radius 2 is 2.00 bits per heavy atom. The van der Waals surface area contributed by atoms with E-state index in [-0.39, 0.29) is 11.5 Å². The third-order valence-corrected chi connectivity index (χ3v) is 3.38. The van der Waals surface area contributed by atoms with Crippen molar-refractivity contribution >= 4 is 0 Å². The SMILES string of the molecule is CCC(N)C(N(C)Cc1ccccn1)C(C)(C)C. The number of likely N-dealkylation sites (N-methyl/N-ethyl adjacent to an activating group) is 1. The van der Waals surface area contributed by atoms with Crippen LogP contribution in [0.4, 0.5) is 0 Å². The normalized spacial score (nSPS) is 15.7. The van der Waals surface area contributed by atoms with Crippen molar-refractivity contribution < 1.29 is 0 Å². The first-order valence-electron chi connectivity index (χ1n) is 6.72. The first-order chi connectivity index (χ1) is 8.36. The van der Waals surface area contributed by atoms with Gasteiger partial charge in [-0.1, -0.05) is 33.8 Å². The Hall–Kier alpha value is -0.930. The van der Waals surface area contributed by atoms with Gasteiger partial charge in [-0.15, -0.1) is 0 Å². The van der Waals surface area contributed by atoms with Crippen LogP contribution in [0.5, 0.6) is 0 Å². The van der Waals surface area contributed by atoms with Gasteiger partial charge >= 0.3 is 0 Å². The van der Waals surface area contributed by atoms with Crippen LogP contribution in [0, 0.1) is 5.41 Å². The fourth-order valence-corrected chi connectivity index (χ4v) is 2.70. The summed E-state index contributed by atoms with van der Waals surface area (Å²) in [6.45, 7) is 9.75. The van der Waals surface area contributed by atoms with Crippen molar-refractivity contribution in [1.29, 1.82) is 0 Å². The summed E-state index contributed by atoms with van der Waals surface area (Å²) < 4.78 is 0. The van der Waals surface area contributed by atoms with E-state index >= 15 is 0 Å². The monoisotopic (exact) mass is 249 g/mol. The van der Waals surface area contributed by atoms with Crippen LogP contribution in [0.15, 0.2) is 24.4 Å². The van der Waals surface area contributed by atoms with Gasteiger partial charge in [-0.3, -0.25) is 9.88 Å². The minimum Gasteiger partial charge on any atom is -0.326 e. The lowest BCUT2D eigenvalue weighted by Crippen LogP contribution is -2.52. The average molecular weight is 249 g/mol. The minimum atomic E-state index is 0.166. The Kier molecular flexibility index (Phi) is 5.29. The summed E-state index contributed by atoms with van der Waals surface area (Å²) in [6.07, 6.45) is 2.84. The lowest BCUT2D eigenvalue weighted by molar-refractivity contribution is 0.0928. The molecule has 2 unspecified atom stereocenters. The van der Waals surface area contributed by atoms with Gasteiger partial charge in [0.25, 0.3) is 0 Å². The van der Waals surface area contributed by atoms with Gasteiger partial charge in [0, 0.05) is 24.8 Å². The quantitative estimate of drug-likeness (QED) is 0.872. The van der Waals surface area contributed by atoms with Gasteiger partial charge in [0.15, 0.2) is 0 Å². The van der Waals surface area contributed by atoms with Gasteiger partial charge in [-0.25, -0.2) is 0 Å². The molecule has 0 radical (unpaired) electrons. The molecule has 2 atom stereocenters. The Bertz CT molecular complexity index is 343. The summed E-state index contributed by atoms with van der Waals surface area (Å²) in [7, 11) is 2.14. The van der Waals surface area contributed by atoms with E-state index in [1.807, 2.05) is 18.3 Å². The van der Waals surface area contributed by atoms with E-state index in [0.29, 0.717) is 6.04 Å². The molecular weight excluding hydrogens is 222 g/mol. The molecule has 3 heteroatoms. The second-order valence-corrected chi connectivity index (χ2v) is 6.12. The number of nitrogens with zero attached hydrogens (tertiary/aromatic N) is 2. The van der Waals surface area contributed by atoms with Crippen LogP contribution >= 0.6 is 0 Å². The highest BCUT2D eigenvalue weighted by Gasteiger charge is 2.32. The predicted molar refractivity (Wildman–Crippen MR) is 77.2 cm³/mol. The molecule has 1 aromatic heterocycles. The fraction of sp³-hybridized carbons (Fsp3) is 0.667. The molecule has 0 aliphatic heterocycles. The van der Waals surface area contributed by atoms with Crippen LogP contribution in [0.3, 0.4) is 0 Å². The Morgan fingerprint density at radius 3 is 2.44 bits per heavy atom. The summed E-state index contributed by atoms with van der Waals surface area (Å²) in [6, 6.07) is 6.58. The highest BCUT2D eigenvalue weighted by atomic mass is 15.2. The van der Waals surface area contributed by atoms with Crippen molar-refractivity contribution in [3.63, 3.8) is 0 Å². The van der Waals surface area contributed by atoms with Gasteiger partial charge in [0.2, 0.25) is 0 Å². The highest BCUT2D eigenvalue weighted by Crippen LogP contribution is 2.27. The standard InChI is InChI=1S/C15H27N3/c1-6-13(16)14(15(2,3)4)18(5)11-12-9-7-8-10-17-12/h7-10,13-14H,6,11,16H2,1-5H3. The lowest BCUT2D eigenvalue weighted by atomic mass is 9.80. The zero-order chi connectivity index (χ0) is 13.8. The summed E-state index contributed by atoms with van der Waals surface area (Å²) in [4.78, 5) is 6.72. The Balaban J connectivity index is 2.80. The molecule has 1 rings (SSSR count). The molecule has 0 bridgehead atoms. The molecule has 0 saturated heterocycles. The van der Waals surface area contributed by atoms with E-state index < -0.39 is 0 Å². The molecule has 0 spiro atoms. The number of aromatic nitrogens is 1. The molecule has 0 aromatic carbocycles. The molecule has 0 amide bonds. The highest BCUT2D eigenvalue weighted by molar-refractivity contribution is 5.04. The third kappa shape index (κ3) is 4.07. The number of rotatable bonds is 5. The van der Waals surface area contributed by atoms with E-state index in [1.165, 1.54) is 0 Å². The lowest BCUT2D eigenvalue weighted by Gasteiger charge is -2.41. The number of hydrogen-bond donors (Lipinski definition) is 1. The van der Waals surface area contributed by atoms with Crippen LogP contribution in [-0.2, 0) is 6.54 Å². The molecule has 3 nitrogen and oxygen atoms in total. The minimum absolute atomic E-state index is 0.166. The molecule has 18 heavy (non-hydrogen) atoms. The van der Waals surface area contributed by atoms with Crippen LogP contribution in [0.25, 0.3) is 0 Å². The van der Waals surface area contributed by atoms with Crippen molar-refractivity contribution in [2.24, 2.45) is 11.1 Å². The molecule has 0 aliphatic carbocycles. The number of nitrogens with two attached hydrogens (primary N) is 1. The summed E-state index contributed by atoms with van der Waals surface area (Å²) in [5, 5.41) is 0. The predicted octanol–water partition coefficient (Wildman–Crippen LogP) is 2.67. The van der Waals surface area contributed by atoms with Crippen LogP contribution in [0.2, 0.25) is 0 Å². The molecule has 0 fully saturated rings. The maximum atomic E-state index is 6.30. The first kappa shape index (κ1) is 15.1. The van der Waals surface area contributed by atoms with Crippen molar-refractivity contribution in [3.8, 4) is 0 Å². The van der Waals surface area contributed by atoms with E-state index in [0.717, 1.165) is 18.7 Å². The van der Waals surface area contributed by atoms with Crippen molar-refractivity contribution in [1.82, 2.24) is 9.88 Å². The molecule has 1 aromatic rings. The van der Waals surface area contributed by atoms with E-state index in [9.17, 15) is 0 Å². The van der Waals surface area contributed by atoms with Crippen LogP contribution in [0.1, 0.15) is 39.8 Å². The van der Waals surface area contributed by atoms with Gasteiger partial charge in [-0.05, 0) is 31.0 Å². The summed E-state index contributed by atoms with van der Waals surface area (Å²) >= 11 is 0. The fourth-order valence-electron chi connectivity index (χ4n) is 2.70. The summed E-state index contributed by atoms with van der Waals surface area (Å²) in [5.74, 6) is 0. The largest absolute Gasteiger partial charge is 0.326 e. The topological polar surface area (TPSA) is 42.1 Å². The van der Waals surface area contributed by atoms with Crippen molar-refractivity contribution in [3.05, 3.63) is 30.1 Å². The molecule has 0 aliphatic rings. The van der Waals surface area contributed by atoms with E-state index in [2.05, 4.69) is 50.7 Å². The Labute approximate surface area is 111 Å². The average Bonchev–Trinajstić information content (AvgIpc) is 2.28. The third-order valence-electron chi connectivity index (χ3n) is 3.38. The number of pyridine rings is 1. The maximum Gasteiger partial charge on any atom is 0.0543 e. The molecule has 102 valence electrons. The van der Waals surface area contributed by atoms with Gasteiger partial charge in [0.1, 0.15) is 0 Å². The van der Waals surface area contributed by atoms with Crippen molar-refractivity contribution in [2.75, 3.05) is 7.05 Å². The smallest absolute Gasteiger partial charge is 0.0543 e. The zero-order valence-corrected chi connectivity index (χ0v) is 12.4. The van der Waals surface area contributed by atoms with Crippen LogP contribution in [-0.4, -0.2) is 29.0 Å². The molecule has 2 N–H and O–H groups in total. The summed E-state index contributed by atoms with van der Waals surface area (Å²) in [5.41, 5.74) is 7.56. The molecule has 0 saturated carbocycles. The van der Waals surface area contributed by atoms with Gasteiger partial charge in [-0.2, -0.15) is 0 Å². The van der Waals surface area contributed by atoms with E-state index in [1.54, 1.807) is 0 Å². The first-order valence-corrected chi connectivity index (χ1v) is 6.72. The van der Waals surface area contributed by atoms with Crippen LogP contribution < -0.4 is 5.73 Å². The Morgan fingerprint density at radius 1 is 1.33 bits per heavy atom. The zero-order valence-electron chi connectivity index (χ0n) is 12.4. The second kappa shape index (κ2) is 6.30. The maximum absolute atomic E-state index is 6.30. The molecule has 1 heterocycles. The van der Waals surface area contributed by atoms with Gasteiger partial charge < -0.3 is 5.73 Å².